The van der Waals surface area contributed by atoms with Gasteiger partial charge in [-0.2, -0.15) is 0 Å². The second kappa shape index (κ2) is 6.67. The molecule has 0 saturated carbocycles. The second-order valence-corrected chi connectivity index (χ2v) is 6.85. The van der Waals surface area contributed by atoms with Crippen molar-refractivity contribution in [3.05, 3.63) is 53.6 Å². The Hall–Kier alpha value is -2.69. The number of nitrogens with one attached hydrogen (secondary N) is 1. The Bertz CT molecular complexity index is 769. The number of carbonyl (C=O) groups excluding carboxylic acids is 1. The van der Waals surface area contributed by atoms with Gasteiger partial charge in [-0.05, 0) is 63.2 Å². The lowest BCUT2D eigenvalue weighted by Gasteiger charge is -2.38. The van der Waals surface area contributed by atoms with Gasteiger partial charge in [0.25, 0.3) is 5.91 Å². The summed E-state index contributed by atoms with van der Waals surface area (Å²) >= 11 is 0. The average Bonchev–Trinajstić information content (AvgIpc) is 2.56. The molecule has 1 unspecified atom stereocenters. The van der Waals surface area contributed by atoms with Crippen LogP contribution in [0, 0.1) is 0 Å². The highest BCUT2D eigenvalue weighted by Crippen LogP contribution is 2.40. The molecule has 5 heteroatoms. The van der Waals surface area contributed by atoms with Crippen LogP contribution in [-0.2, 0) is 0 Å². The third-order valence-electron chi connectivity index (χ3n) is 4.22. The minimum absolute atomic E-state index is 0.126. The Morgan fingerprint density at radius 3 is 2.68 bits per heavy atom. The van der Waals surface area contributed by atoms with Gasteiger partial charge in [-0.1, -0.05) is 0 Å². The summed E-state index contributed by atoms with van der Waals surface area (Å²) in [6, 6.07) is 12.5. The number of amides is 1. The summed E-state index contributed by atoms with van der Waals surface area (Å²) in [4.78, 5) is 12.7. The number of anilines is 1. The van der Waals surface area contributed by atoms with Crippen LogP contribution >= 0.6 is 0 Å². The number of fused-ring (bicyclic) bond motifs is 1. The molecule has 5 nitrogen and oxygen atoms in total. The molecule has 132 valence electrons. The molecule has 0 spiro atoms. The van der Waals surface area contributed by atoms with Crippen LogP contribution in [0.15, 0.2) is 42.5 Å². The first-order valence-corrected chi connectivity index (χ1v) is 8.50. The monoisotopic (exact) mass is 340 g/mol. The van der Waals surface area contributed by atoms with E-state index in [4.69, 9.17) is 15.2 Å². The topological polar surface area (TPSA) is 73.6 Å². The zero-order valence-corrected chi connectivity index (χ0v) is 14.8. The number of ether oxygens (including phenoxy) is 2. The molecule has 0 fully saturated rings. The molecular formula is C20H24N2O3. The van der Waals surface area contributed by atoms with Crippen LogP contribution in [0.2, 0.25) is 0 Å². The van der Waals surface area contributed by atoms with Crippen molar-refractivity contribution in [3.8, 4) is 11.5 Å². The maximum Gasteiger partial charge on any atom is 0.251 e. The largest absolute Gasteiger partial charge is 0.494 e. The summed E-state index contributed by atoms with van der Waals surface area (Å²) in [5.41, 5.74) is 7.72. The molecule has 1 aliphatic heterocycles. The van der Waals surface area contributed by atoms with Gasteiger partial charge >= 0.3 is 0 Å². The predicted octanol–water partition coefficient (Wildman–Crippen LogP) is 3.70. The quantitative estimate of drug-likeness (QED) is 0.832. The van der Waals surface area contributed by atoms with Crippen molar-refractivity contribution in [1.82, 2.24) is 5.32 Å². The van der Waals surface area contributed by atoms with Crippen LogP contribution in [0.5, 0.6) is 11.5 Å². The fraction of sp³-hybridized carbons (Fsp3) is 0.350. The van der Waals surface area contributed by atoms with E-state index in [0.717, 1.165) is 17.1 Å². The maximum absolute atomic E-state index is 12.7. The first-order valence-electron chi connectivity index (χ1n) is 8.50. The average molecular weight is 340 g/mol. The lowest BCUT2D eigenvalue weighted by molar-refractivity contribution is 0.0620. The van der Waals surface area contributed by atoms with E-state index in [-0.39, 0.29) is 17.6 Å². The Morgan fingerprint density at radius 1 is 1.28 bits per heavy atom. The van der Waals surface area contributed by atoms with Crippen molar-refractivity contribution in [2.45, 2.75) is 38.8 Å². The molecule has 2 aromatic carbocycles. The van der Waals surface area contributed by atoms with Gasteiger partial charge in [0.2, 0.25) is 0 Å². The molecule has 1 atom stereocenters. The molecule has 1 aliphatic rings. The number of carbonyl (C=O) groups is 1. The molecule has 3 rings (SSSR count). The molecule has 25 heavy (non-hydrogen) atoms. The minimum Gasteiger partial charge on any atom is -0.494 e. The first kappa shape index (κ1) is 17.1. The SMILES string of the molecule is CCOc1ccc(C(=O)NC2CC(C)(C)Oc3ccc(N)cc32)cc1. The Kier molecular flexibility index (Phi) is 4.57. The fourth-order valence-electron chi connectivity index (χ4n) is 3.11. The molecule has 1 amide bonds. The number of hydrogen-bond acceptors (Lipinski definition) is 4. The number of rotatable bonds is 4. The molecular weight excluding hydrogens is 316 g/mol. The molecule has 0 saturated heterocycles. The molecule has 3 N–H and O–H groups in total. The Balaban J connectivity index is 1.82. The number of benzene rings is 2. The van der Waals surface area contributed by atoms with Gasteiger partial charge < -0.3 is 20.5 Å². The minimum atomic E-state index is -0.361. The highest BCUT2D eigenvalue weighted by molar-refractivity contribution is 5.94. The summed E-state index contributed by atoms with van der Waals surface area (Å²) < 4.78 is 11.4. The van der Waals surface area contributed by atoms with Crippen molar-refractivity contribution in [3.63, 3.8) is 0 Å². The summed E-state index contributed by atoms with van der Waals surface area (Å²) in [7, 11) is 0. The molecule has 1 heterocycles. The van der Waals surface area contributed by atoms with E-state index in [1.807, 2.05) is 39.0 Å². The normalized spacial score (nSPS) is 18.0. The van der Waals surface area contributed by atoms with E-state index in [1.54, 1.807) is 24.3 Å². The van der Waals surface area contributed by atoms with Crippen LogP contribution in [-0.4, -0.2) is 18.1 Å². The van der Waals surface area contributed by atoms with E-state index in [2.05, 4.69) is 5.32 Å². The van der Waals surface area contributed by atoms with Gasteiger partial charge in [-0.3, -0.25) is 4.79 Å². The van der Waals surface area contributed by atoms with Crippen molar-refractivity contribution in [2.75, 3.05) is 12.3 Å². The van der Waals surface area contributed by atoms with Crippen LogP contribution in [0.4, 0.5) is 5.69 Å². The molecule has 0 bridgehead atoms. The van der Waals surface area contributed by atoms with Gasteiger partial charge in [0, 0.05) is 23.2 Å². The summed E-state index contributed by atoms with van der Waals surface area (Å²) in [5, 5.41) is 3.11. The third-order valence-corrected chi connectivity index (χ3v) is 4.22. The van der Waals surface area contributed by atoms with Crippen LogP contribution in [0.25, 0.3) is 0 Å². The van der Waals surface area contributed by atoms with E-state index < -0.39 is 0 Å². The number of nitrogen functional groups attached to an aromatic ring is 1. The summed E-state index contributed by atoms with van der Waals surface area (Å²) in [5.74, 6) is 1.39. The Labute approximate surface area is 148 Å². The van der Waals surface area contributed by atoms with Gasteiger partial charge in [0.15, 0.2) is 0 Å². The van der Waals surface area contributed by atoms with Gasteiger partial charge in [-0.25, -0.2) is 0 Å². The van der Waals surface area contributed by atoms with Crippen molar-refractivity contribution in [2.24, 2.45) is 0 Å². The lowest BCUT2D eigenvalue weighted by atomic mass is 9.89. The van der Waals surface area contributed by atoms with Crippen molar-refractivity contribution < 1.29 is 14.3 Å². The summed E-state index contributed by atoms with van der Waals surface area (Å²) in [6.45, 7) is 6.56. The van der Waals surface area contributed by atoms with E-state index in [0.29, 0.717) is 24.3 Å². The zero-order chi connectivity index (χ0) is 18.0. The van der Waals surface area contributed by atoms with Crippen LogP contribution in [0.1, 0.15) is 49.2 Å². The standard InChI is InChI=1S/C20H24N2O3/c1-4-24-15-8-5-13(6-9-15)19(23)22-17-12-20(2,3)25-18-10-7-14(21)11-16(17)18/h5-11,17H,4,12,21H2,1-3H3,(H,22,23). The highest BCUT2D eigenvalue weighted by atomic mass is 16.5. The summed E-state index contributed by atoms with van der Waals surface area (Å²) in [6.07, 6.45) is 0.673. The van der Waals surface area contributed by atoms with Crippen molar-refractivity contribution in [1.29, 1.82) is 0 Å². The first-order chi connectivity index (χ1) is 11.9. The van der Waals surface area contributed by atoms with E-state index in [1.165, 1.54) is 0 Å². The van der Waals surface area contributed by atoms with Gasteiger partial charge in [0.1, 0.15) is 17.1 Å². The Morgan fingerprint density at radius 2 is 2.00 bits per heavy atom. The third kappa shape index (κ3) is 3.87. The van der Waals surface area contributed by atoms with Gasteiger partial charge in [-0.15, -0.1) is 0 Å². The van der Waals surface area contributed by atoms with Gasteiger partial charge in [0.05, 0.1) is 12.6 Å². The van der Waals surface area contributed by atoms with Crippen molar-refractivity contribution >= 4 is 11.6 Å². The number of hydrogen-bond donors (Lipinski definition) is 2. The lowest BCUT2D eigenvalue weighted by Crippen LogP contribution is -2.41. The van der Waals surface area contributed by atoms with E-state index >= 15 is 0 Å². The smallest absolute Gasteiger partial charge is 0.251 e. The van der Waals surface area contributed by atoms with Crippen LogP contribution in [0.3, 0.4) is 0 Å². The zero-order valence-electron chi connectivity index (χ0n) is 14.8. The van der Waals surface area contributed by atoms with E-state index in [9.17, 15) is 4.79 Å². The predicted molar refractivity (Wildman–Crippen MR) is 98.0 cm³/mol. The highest BCUT2D eigenvalue weighted by Gasteiger charge is 2.34. The fourth-order valence-corrected chi connectivity index (χ4v) is 3.11. The molecule has 0 aromatic heterocycles. The second-order valence-electron chi connectivity index (χ2n) is 6.85. The number of nitrogens with two attached hydrogens (primary N) is 1. The molecule has 2 aromatic rings. The van der Waals surface area contributed by atoms with Crippen LogP contribution < -0.4 is 20.5 Å². The molecule has 0 aliphatic carbocycles. The molecule has 0 radical (unpaired) electrons. The maximum atomic E-state index is 12.7.